The molecule has 1 rings (SSSR count). The highest BCUT2D eigenvalue weighted by molar-refractivity contribution is 6.63. The molecule has 1 atom stereocenters. The van der Waals surface area contributed by atoms with Crippen molar-refractivity contribution in [3.8, 4) is 0 Å². The topological polar surface area (TPSA) is 17.1 Å². The first kappa shape index (κ1) is 19.0. The second kappa shape index (κ2) is 8.53. The van der Waals surface area contributed by atoms with Crippen LogP contribution in [-0.2, 0) is 4.79 Å². The van der Waals surface area contributed by atoms with Crippen LogP contribution in [0.3, 0.4) is 0 Å². The van der Waals surface area contributed by atoms with Crippen molar-refractivity contribution in [1.82, 2.24) is 0 Å². The van der Waals surface area contributed by atoms with Gasteiger partial charge in [0.1, 0.15) is 0 Å². The molecule has 0 radical (unpaired) electrons. The van der Waals surface area contributed by atoms with Gasteiger partial charge < -0.3 is 0 Å². The minimum absolute atomic E-state index is 0.181. The molecule has 0 saturated carbocycles. The Balaban J connectivity index is 2.71. The third kappa shape index (κ3) is 6.36. The standard InChI is InChI=1S/C20H29ClO/c1-15(8-6-9-16(2)14-19(21)22)11-12-18-17(3)10-7-13-20(18,4)5/h6,8-9,11-12,16H,7,10,13-14H2,1-5H3/b9-6+,12-11+,15-8+. The van der Waals surface area contributed by atoms with Gasteiger partial charge in [0.25, 0.3) is 0 Å². The predicted molar refractivity (Wildman–Crippen MR) is 97.0 cm³/mol. The van der Waals surface area contributed by atoms with Gasteiger partial charge in [0.05, 0.1) is 0 Å². The summed E-state index contributed by atoms with van der Waals surface area (Å²) < 4.78 is 0. The van der Waals surface area contributed by atoms with Gasteiger partial charge in [-0.1, -0.05) is 62.3 Å². The average molecular weight is 321 g/mol. The Morgan fingerprint density at radius 2 is 2.09 bits per heavy atom. The van der Waals surface area contributed by atoms with E-state index in [1.807, 2.05) is 19.1 Å². The van der Waals surface area contributed by atoms with Gasteiger partial charge >= 0.3 is 0 Å². The predicted octanol–water partition coefficient (Wildman–Crippen LogP) is 6.36. The minimum Gasteiger partial charge on any atom is -0.281 e. The molecule has 0 aromatic carbocycles. The molecule has 0 aliphatic heterocycles. The van der Waals surface area contributed by atoms with Crippen LogP contribution in [0.4, 0.5) is 0 Å². The average Bonchev–Trinajstić information content (AvgIpc) is 2.36. The molecule has 1 aliphatic rings. The lowest BCUT2D eigenvalue weighted by Gasteiger charge is -2.32. The van der Waals surface area contributed by atoms with Gasteiger partial charge in [0.2, 0.25) is 5.24 Å². The minimum atomic E-state index is -0.278. The van der Waals surface area contributed by atoms with Crippen LogP contribution in [0.25, 0.3) is 0 Å². The third-order valence-electron chi connectivity index (χ3n) is 4.34. The second-order valence-corrected chi connectivity index (χ2v) is 7.52. The highest BCUT2D eigenvalue weighted by Crippen LogP contribution is 2.40. The Labute approximate surface area is 140 Å². The smallest absolute Gasteiger partial charge is 0.222 e. The second-order valence-electron chi connectivity index (χ2n) is 7.10. The molecule has 0 aromatic rings. The van der Waals surface area contributed by atoms with Crippen molar-refractivity contribution in [3.63, 3.8) is 0 Å². The van der Waals surface area contributed by atoms with E-state index in [1.165, 1.54) is 36.0 Å². The molecule has 0 fully saturated rings. The fourth-order valence-electron chi connectivity index (χ4n) is 3.00. The van der Waals surface area contributed by atoms with Crippen LogP contribution in [0.15, 0.2) is 47.1 Å². The van der Waals surface area contributed by atoms with Crippen molar-refractivity contribution < 1.29 is 4.79 Å². The SMILES string of the molecule is CC1=C(/C=C/C(C)=C/C=C/C(C)CC(=O)Cl)C(C)(C)CCC1. The largest absolute Gasteiger partial charge is 0.281 e. The summed E-state index contributed by atoms with van der Waals surface area (Å²) in [4.78, 5) is 10.8. The molecule has 122 valence electrons. The van der Waals surface area contributed by atoms with E-state index < -0.39 is 0 Å². The number of halogens is 1. The van der Waals surface area contributed by atoms with Crippen LogP contribution in [0, 0.1) is 11.3 Å². The molecule has 2 heteroatoms. The van der Waals surface area contributed by atoms with E-state index >= 15 is 0 Å². The van der Waals surface area contributed by atoms with Crippen molar-refractivity contribution in [1.29, 1.82) is 0 Å². The lowest BCUT2D eigenvalue weighted by atomic mass is 9.72. The Morgan fingerprint density at radius 1 is 1.41 bits per heavy atom. The zero-order valence-corrected chi connectivity index (χ0v) is 15.3. The van der Waals surface area contributed by atoms with Crippen molar-refractivity contribution in [2.75, 3.05) is 0 Å². The van der Waals surface area contributed by atoms with Crippen molar-refractivity contribution in [2.45, 2.75) is 60.3 Å². The first-order valence-corrected chi connectivity index (χ1v) is 8.52. The van der Waals surface area contributed by atoms with Crippen LogP contribution >= 0.6 is 11.6 Å². The number of carbonyl (C=O) groups is 1. The third-order valence-corrected chi connectivity index (χ3v) is 4.49. The van der Waals surface area contributed by atoms with Crippen LogP contribution < -0.4 is 0 Å². The van der Waals surface area contributed by atoms with Gasteiger partial charge in [-0.15, -0.1) is 0 Å². The maximum atomic E-state index is 10.8. The van der Waals surface area contributed by atoms with Crippen LogP contribution in [0.1, 0.15) is 60.3 Å². The molecule has 0 aromatic heterocycles. The Kier molecular flexibility index (Phi) is 7.35. The van der Waals surface area contributed by atoms with Gasteiger partial charge in [0, 0.05) is 6.42 Å². The number of allylic oxidation sites excluding steroid dienone is 8. The Bertz CT molecular complexity index is 518. The lowest BCUT2D eigenvalue weighted by molar-refractivity contribution is -0.112. The van der Waals surface area contributed by atoms with E-state index in [-0.39, 0.29) is 16.6 Å². The van der Waals surface area contributed by atoms with E-state index in [2.05, 4.69) is 45.9 Å². The molecule has 22 heavy (non-hydrogen) atoms. The highest BCUT2D eigenvalue weighted by Gasteiger charge is 2.26. The number of hydrogen-bond acceptors (Lipinski definition) is 1. The molecule has 1 nitrogen and oxygen atoms in total. The fraction of sp³-hybridized carbons (Fsp3) is 0.550. The summed E-state index contributed by atoms with van der Waals surface area (Å²) in [5.74, 6) is 0.181. The molecular weight excluding hydrogens is 292 g/mol. The van der Waals surface area contributed by atoms with Gasteiger partial charge in [-0.05, 0) is 61.6 Å². The highest BCUT2D eigenvalue weighted by atomic mass is 35.5. The quantitative estimate of drug-likeness (QED) is 0.411. The molecule has 0 amide bonds. The first-order valence-electron chi connectivity index (χ1n) is 8.14. The molecule has 0 spiro atoms. The number of carbonyl (C=O) groups excluding carboxylic acids is 1. The monoisotopic (exact) mass is 320 g/mol. The van der Waals surface area contributed by atoms with Crippen molar-refractivity contribution in [3.05, 3.63) is 47.1 Å². The lowest BCUT2D eigenvalue weighted by Crippen LogP contribution is -2.19. The van der Waals surface area contributed by atoms with Crippen LogP contribution in [0.5, 0.6) is 0 Å². The molecule has 1 unspecified atom stereocenters. The van der Waals surface area contributed by atoms with Gasteiger partial charge in [0.15, 0.2) is 0 Å². The van der Waals surface area contributed by atoms with Gasteiger partial charge in [-0.2, -0.15) is 0 Å². The van der Waals surface area contributed by atoms with Crippen LogP contribution in [0.2, 0.25) is 0 Å². The maximum absolute atomic E-state index is 10.8. The summed E-state index contributed by atoms with van der Waals surface area (Å²) in [7, 11) is 0. The summed E-state index contributed by atoms with van der Waals surface area (Å²) >= 11 is 5.39. The molecule has 0 N–H and O–H groups in total. The summed E-state index contributed by atoms with van der Waals surface area (Å²) in [6, 6.07) is 0. The van der Waals surface area contributed by atoms with E-state index in [0.29, 0.717) is 6.42 Å². The zero-order chi connectivity index (χ0) is 16.8. The van der Waals surface area contributed by atoms with E-state index in [0.717, 1.165) is 0 Å². The molecule has 0 bridgehead atoms. The summed E-state index contributed by atoms with van der Waals surface area (Å²) in [6.45, 7) is 11.0. The van der Waals surface area contributed by atoms with Crippen molar-refractivity contribution in [2.24, 2.45) is 11.3 Å². The fourth-order valence-corrected chi connectivity index (χ4v) is 3.24. The van der Waals surface area contributed by atoms with E-state index in [4.69, 9.17) is 11.6 Å². The molecule has 0 heterocycles. The maximum Gasteiger partial charge on any atom is 0.222 e. The first-order chi connectivity index (χ1) is 10.2. The molecular formula is C20H29ClO. The summed E-state index contributed by atoms with van der Waals surface area (Å²) in [6.07, 6.45) is 14.7. The van der Waals surface area contributed by atoms with Crippen molar-refractivity contribution >= 4 is 16.8 Å². The number of rotatable bonds is 6. The Hall–Kier alpha value is -1.08. The molecule has 0 saturated heterocycles. The van der Waals surface area contributed by atoms with Gasteiger partial charge in [-0.25, -0.2) is 0 Å². The summed E-state index contributed by atoms with van der Waals surface area (Å²) in [5.41, 5.74) is 4.49. The number of hydrogen-bond donors (Lipinski definition) is 0. The molecule has 1 aliphatic carbocycles. The van der Waals surface area contributed by atoms with E-state index in [1.54, 1.807) is 0 Å². The Morgan fingerprint density at radius 3 is 2.68 bits per heavy atom. The van der Waals surface area contributed by atoms with E-state index in [9.17, 15) is 4.79 Å². The zero-order valence-electron chi connectivity index (χ0n) is 14.6. The summed E-state index contributed by atoms with van der Waals surface area (Å²) in [5, 5.41) is -0.278. The normalized spacial score (nSPS) is 20.9. The van der Waals surface area contributed by atoms with Gasteiger partial charge in [-0.3, -0.25) is 4.79 Å². The van der Waals surface area contributed by atoms with Crippen LogP contribution in [-0.4, -0.2) is 5.24 Å².